The van der Waals surface area contributed by atoms with E-state index >= 15 is 0 Å². The lowest BCUT2D eigenvalue weighted by Crippen LogP contribution is -2.18. The summed E-state index contributed by atoms with van der Waals surface area (Å²) in [5, 5.41) is 14.2. The molecule has 0 fully saturated rings. The third-order valence-electron chi connectivity index (χ3n) is 3.64. The van der Waals surface area contributed by atoms with Gasteiger partial charge in [0.2, 0.25) is 0 Å². The summed E-state index contributed by atoms with van der Waals surface area (Å²) in [7, 11) is 1.69. The molecule has 2 rings (SSSR count). The number of nitrogens with zero attached hydrogens (tertiary/aromatic N) is 3. The first-order chi connectivity index (χ1) is 9.62. The molecule has 110 valence electrons. The van der Waals surface area contributed by atoms with Gasteiger partial charge in [-0.3, -0.25) is 4.68 Å². The molecule has 0 bridgehead atoms. The van der Waals surface area contributed by atoms with Gasteiger partial charge >= 0.3 is 0 Å². The number of hydrogen-bond acceptors (Lipinski definition) is 3. The second-order valence-electron chi connectivity index (χ2n) is 5.07. The smallest absolute Gasteiger partial charge is 0.159 e. The molecule has 0 aliphatic carbocycles. The Hall–Kier alpha value is -1.59. The first-order valence-corrected chi connectivity index (χ1v) is 6.95. The van der Waals surface area contributed by atoms with Gasteiger partial charge in [-0.05, 0) is 32.4 Å². The summed E-state index contributed by atoms with van der Waals surface area (Å²) < 4.78 is 9.23. The van der Waals surface area contributed by atoms with Gasteiger partial charge in [0.1, 0.15) is 0 Å². The SMILES string of the molecule is CCC(COC)n1nc(-n2c(C)ccc2C)cc1CO. The Morgan fingerprint density at radius 3 is 2.45 bits per heavy atom. The second kappa shape index (κ2) is 6.24. The molecule has 2 aromatic heterocycles. The molecule has 0 spiro atoms. The standard InChI is InChI=1S/C15H23N3O2/c1-5-13(10-20-4)18-14(9-19)8-15(16-18)17-11(2)6-7-12(17)3/h6-8,13,19H,5,9-10H2,1-4H3. The van der Waals surface area contributed by atoms with E-state index in [0.29, 0.717) is 6.61 Å². The minimum Gasteiger partial charge on any atom is -0.390 e. The average Bonchev–Trinajstić information content (AvgIpc) is 2.99. The van der Waals surface area contributed by atoms with Crippen LogP contribution in [0, 0.1) is 13.8 Å². The van der Waals surface area contributed by atoms with Crippen LogP contribution >= 0.6 is 0 Å². The predicted octanol–water partition coefficient (Wildman–Crippen LogP) is 2.38. The van der Waals surface area contributed by atoms with Crippen molar-refractivity contribution in [2.24, 2.45) is 0 Å². The van der Waals surface area contributed by atoms with Gasteiger partial charge in [-0.15, -0.1) is 0 Å². The van der Waals surface area contributed by atoms with Gasteiger partial charge in [0.25, 0.3) is 0 Å². The van der Waals surface area contributed by atoms with Crippen molar-refractivity contribution in [3.63, 3.8) is 0 Å². The van der Waals surface area contributed by atoms with Crippen molar-refractivity contribution in [2.45, 2.75) is 39.8 Å². The molecule has 0 radical (unpaired) electrons. The second-order valence-corrected chi connectivity index (χ2v) is 5.07. The Bertz CT molecular complexity index is 552. The van der Waals surface area contributed by atoms with Crippen molar-refractivity contribution in [1.82, 2.24) is 14.3 Å². The van der Waals surface area contributed by atoms with E-state index in [1.165, 1.54) is 0 Å². The molecule has 0 aliphatic rings. The summed E-state index contributed by atoms with van der Waals surface area (Å²) in [5.74, 6) is 0.851. The quantitative estimate of drug-likeness (QED) is 0.882. The minimum absolute atomic E-state index is 0.0213. The molecular weight excluding hydrogens is 254 g/mol. The van der Waals surface area contributed by atoms with Gasteiger partial charge < -0.3 is 14.4 Å². The van der Waals surface area contributed by atoms with Crippen molar-refractivity contribution in [3.05, 3.63) is 35.3 Å². The number of aliphatic hydroxyl groups is 1. The molecule has 5 nitrogen and oxygen atoms in total. The summed E-state index contributed by atoms with van der Waals surface area (Å²) in [6, 6.07) is 6.23. The van der Waals surface area contributed by atoms with Crippen LogP contribution < -0.4 is 0 Å². The summed E-state index contributed by atoms with van der Waals surface area (Å²) in [6.07, 6.45) is 0.908. The molecule has 1 unspecified atom stereocenters. The predicted molar refractivity (Wildman–Crippen MR) is 78.2 cm³/mol. The molecule has 20 heavy (non-hydrogen) atoms. The largest absolute Gasteiger partial charge is 0.390 e. The zero-order chi connectivity index (χ0) is 14.7. The molecule has 0 saturated heterocycles. The van der Waals surface area contributed by atoms with E-state index in [4.69, 9.17) is 4.74 Å². The molecule has 1 N–H and O–H groups in total. The van der Waals surface area contributed by atoms with Crippen LogP contribution in [0.25, 0.3) is 5.82 Å². The van der Waals surface area contributed by atoms with Crippen LogP contribution in [0.15, 0.2) is 18.2 Å². The zero-order valence-corrected chi connectivity index (χ0v) is 12.6. The Balaban J connectivity index is 2.45. The fourth-order valence-corrected chi connectivity index (χ4v) is 2.55. The molecule has 0 aromatic carbocycles. The number of aliphatic hydroxyl groups excluding tert-OH is 1. The van der Waals surface area contributed by atoms with Crippen molar-refractivity contribution in [1.29, 1.82) is 0 Å². The molecule has 0 amide bonds. The van der Waals surface area contributed by atoms with Crippen LogP contribution in [0.3, 0.4) is 0 Å². The molecule has 5 heteroatoms. The Labute approximate surface area is 119 Å². The molecule has 0 aliphatic heterocycles. The van der Waals surface area contributed by atoms with E-state index in [1.807, 2.05) is 10.7 Å². The fraction of sp³-hybridized carbons (Fsp3) is 0.533. The monoisotopic (exact) mass is 277 g/mol. The molecule has 2 aromatic rings. The minimum atomic E-state index is -0.0213. The highest BCUT2D eigenvalue weighted by atomic mass is 16.5. The average molecular weight is 277 g/mol. The third kappa shape index (κ3) is 2.64. The van der Waals surface area contributed by atoms with E-state index in [1.54, 1.807) is 7.11 Å². The topological polar surface area (TPSA) is 52.2 Å². The van der Waals surface area contributed by atoms with Crippen LogP contribution in [0.2, 0.25) is 0 Å². The normalized spacial score (nSPS) is 12.8. The fourth-order valence-electron chi connectivity index (χ4n) is 2.55. The number of aromatic nitrogens is 3. The van der Waals surface area contributed by atoms with Crippen molar-refractivity contribution in [3.8, 4) is 5.82 Å². The van der Waals surface area contributed by atoms with Crippen molar-refractivity contribution in [2.75, 3.05) is 13.7 Å². The van der Waals surface area contributed by atoms with Crippen LogP contribution in [0.5, 0.6) is 0 Å². The highest BCUT2D eigenvalue weighted by molar-refractivity contribution is 5.32. The lowest BCUT2D eigenvalue weighted by atomic mass is 10.2. The first-order valence-electron chi connectivity index (χ1n) is 6.95. The number of ether oxygens (including phenoxy) is 1. The van der Waals surface area contributed by atoms with E-state index in [9.17, 15) is 5.11 Å². The van der Waals surface area contributed by atoms with Crippen molar-refractivity contribution < 1.29 is 9.84 Å². The van der Waals surface area contributed by atoms with E-state index in [2.05, 4.69) is 42.6 Å². The Morgan fingerprint density at radius 2 is 1.95 bits per heavy atom. The maximum atomic E-state index is 9.57. The maximum Gasteiger partial charge on any atom is 0.159 e. The Kier molecular flexibility index (Phi) is 4.62. The molecule has 0 saturated carbocycles. The molecule has 2 heterocycles. The number of aryl methyl sites for hydroxylation is 2. The third-order valence-corrected chi connectivity index (χ3v) is 3.64. The lowest BCUT2D eigenvalue weighted by Gasteiger charge is -2.16. The number of rotatable bonds is 6. The first kappa shape index (κ1) is 14.8. The van der Waals surface area contributed by atoms with E-state index in [0.717, 1.165) is 29.3 Å². The van der Waals surface area contributed by atoms with Gasteiger partial charge in [0, 0.05) is 24.6 Å². The van der Waals surface area contributed by atoms with Crippen LogP contribution in [0.1, 0.15) is 36.5 Å². The van der Waals surface area contributed by atoms with Gasteiger partial charge in [0.05, 0.1) is 24.9 Å². The van der Waals surface area contributed by atoms with Gasteiger partial charge in [-0.2, -0.15) is 5.10 Å². The summed E-state index contributed by atoms with van der Waals surface area (Å²) in [6.45, 7) is 6.77. The highest BCUT2D eigenvalue weighted by Gasteiger charge is 2.17. The van der Waals surface area contributed by atoms with Crippen LogP contribution in [0.4, 0.5) is 0 Å². The summed E-state index contributed by atoms with van der Waals surface area (Å²) in [5.41, 5.74) is 3.09. The highest BCUT2D eigenvalue weighted by Crippen LogP contribution is 2.21. The summed E-state index contributed by atoms with van der Waals surface area (Å²) in [4.78, 5) is 0. The Morgan fingerprint density at radius 1 is 1.30 bits per heavy atom. The lowest BCUT2D eigenvalue weighted by molar-refractivity contribution is 0.142. The zero-order valence-electron chi connectivity index (χ0n) is 12.6. The van der Waals surface area contributed by atoms with Gasteiger partial charge in [-0.25, -0.2) is 0 Å². The van der Waals surface area contributed by atoms with Crippen LogP contribution in [-0.4, -0.2) is 33.2 Å². The van der Waals surface area contributed by atoms with E-state index in [-0.39, 0.29) is 12.6 Å². The maximum absolute atomic E-state index is 9.57. The van der Waals surface area contributed by atoms with E-state index < -0.39 is 0 Å². The molecular formula is C15H23N3O2. The summed E-state index contributed by atoms with van der Waals surface area (Å²) >= 11 is 0. The van der Waals surface area contributed by atoms with Gasteiger partial charge in [-0.1, -0.05) is 6.92 Å². The number of methoxy groups -OCH3 is 1. The van der Waals surface area contributed by atoms with Gasteiger partial charge in [0.15, 0.2) is 5.82 Å². The van der Waals surface area contributed by atoms with Crippen molar-refractivity contribution >= 4 is 0 Å². The number of hydrogen-bond donors (Lipinski definition) is 1. The molecule has 1 atom stereocenters. The van der Waals surface area contributed by atoms with Crippen LogP contribution in [-0.2, 0) is 11.3 Å².